The fourth-order valence-corrected chi connectivity index (χ4v) is 3.62. The molecule has 1 N–H and O–H groups in total. The lowest BCUT2D eigenvalue weighted by atomic mass is 10.1. The molecule has 2 rings (SSSR count). The highest BCUT2D eigenvalue weighted by molar-refractivity contribution is 7.89. The van der Waals surface area contributed by atoms with Gasteiger partial charge in [-0.1, -0.05) is 43.3 Å². The first kappa shape index (κ1) is 20.9. The Morgan fingerprint density at radius 2 is 1.78 bits per heavy atom. The summed E-state index contributed by atoms with van der Waals surface area (Å²) >= 11 is 0. The van der Waals surface area contributed by atoms with Gasteiger partial charge in [0.25, 0.3) is 5.91 Å². The lowest BCUT2D eigenvalue weighted by molar-refractivity contribution is 0.0671. The molecular weight excluding hydrogens is 360 g/mol. The molecule has 2 aromatic rings. The topological polar surface area (TPSA) is 66.5 Å². The molecule has 2 aromatic carbocycles. The van der Waals surface area contributed by atoms with Crippen molar-refractivity contribution in [3.63, 3.8) is 0 Å². The minimum absolute atomic E-state index is 0.0652. The molecule has 1 amide bonds. The molecule has 0 spiro atoms. The number of amides is 1. The van der Waals surface area contributed by atoms with E-state index < -0.39 is 10.0 Å². The lowest BCUT2D eigenvalue weighted by Gasteiger charge is -2.29. The van der Waals surface area contributed by atoms with Crippen LogP contribution in [0.4, 0.5) is 0 Å². The summed E-state index contributed by atoms with van der Waals surface area (Å²) < 4.78 is 26.7. The Morgan fingerprint density at radius 1 is 1.15 bits per heavy atom. The van der Waals surface area contributed by atoms with Gasteiger partial charge in [-0.05, 0) is 43.2 Å². The van der Waals surface area contributed by atoms with Crippen molar-refractivity contribution in [2.45, 2.75) is 37.8 Å². The molecule has 27 heavy (non-hydrogen) atoms. The van der Waals surface area contributed by atoms with Gasteiger partial charge in [0.1, 0.15) is 0 Å². The number of nitrogens with zero attached hydrogens (tertiary/aromatic N) is 1. The number of nitrogens with one attached hydrogen (secondary N) is 1. The Hall–Kier alpha value is -2.44. The van der Waals surface area contributed by atoms with E-state index in [1.165, 1.54) is 18.2 Å². The Labute approximate surface area is 161 Å². The molecule has 0 radical (unpaired) electrons. The maximum Gasteiger partial charge on any atom is 0.254 e. The van der Waals surface area contributed by atoms with E-state index in [4.69, 9.17) is 0 Å². The summed E-state index contributed by atoms with van der Waals surface area (Å²) in [6.45, 7) is 8.21. The molecule has 0 fully saturated rings. The minimum Gasteiger partial charge on any atom is -0.332 e. The molecular formula is C21H26N2O3S. The smallest absolute Gasteiger partial charge is 0.254 e. The van der Waals surface area contributed by atoms with E-state index >= 15 is 0 Å². The van der Waals surface area contributed by atoms with Gasteiger partial charge in [0, 0.05) is 24.7 Å². The van der Waals surface area contributed by atoms with Crippen LogP contribution in [0.5, 0.6) is 0 Å². The van der Waals surface area contributed by atoms with Crippen LogP contribution in [0.15, 0.2) is 72.1 Å². The first-order valence-electron chi connectivity index (χ1n) is 8.94. The van der Waals surface area contributed by atoms with Crippen LogP contribution in [0.2, 0.25) is 0 Å². The highest BCUT2D eigenvalue weighted by Gasteiger charge is 2.21. The maximum absolute atomic E-state index is 13.0. The van der Waals surface area contributed by atoms with Crippen LogP contribution in [-0.2, 0) is 16.6 Å². The van der Waals surface area contributed by atoms with Crippen LogP contribution >= 0.6 is 0 Å². The number of carbonyl (C=O) groups excluding carboxylic acids is 1. The Bertz CT molecular complexity index is 862. The quantitative estimate of drug-likeness (QED) is 0.670. The standard InChI is InChI=1S/C21H26N2O3S/c1-4-15-22-27(25,26)20-13-11-19(12-14-20)21(24)23(17(3)5-2)16-18-9-7-6-8-10-18/h4,6-14,17,22H,1,5,15-16H2,2-3H3. The van der Waals surface area contributed by atoms with E-state index in [0.29, 0.717) is 12.1 Å². The predicted octanol–water partition coefficient (Wildman–Crippen LogP) is 3.59. The summed E-state index contributed by atoms with van der Waals surface area (Å²) in [5.74, 6) is -0.115. The van der Waals surface area contributed by atoms with Crippen LogP contribution in [0, 0.1) is 0 Å². The predicted molar refractivity (Wildman–Crippen MR) is 108 cm³/mol. The van der Waals surface area contributed by atoms with Gasteiger partial charge in [-0.2, -0.15) is 0 Å². The summed E-state index contributed by atoms with van der Waals surface area (Å²) in [6, 6.07) is 15.9. The SMILES string of the molecule is C=CCNS(=O)(=O)c1ccc(C(=O)N(Cc2ccccc2)C(C)CC)cc1. The van der Waals surface area contributed by atoms with Crippen LogP contribution in [0.25, 0.3) is 0 Å². The Kier molecular flexibility index (Phi) is 7.33. The number of rotatable bonds is 9. The van der Waals surface area contributed by atoms with Crippen molar-refractivity contribution >= 4 is 15.9 Å². The van der Waals surface area contributed by atoms with Gasteiger partial charge in [0.15, 0.2) is 0 Å². The average Bonchev–Trinajstić information content (AvgIpc) is 2.70. The summed E-state index contributed by atoms with van der Waals surface area (Å²) in [5, 5.41) is 0. The first-order chi connectivity index (χ1) is 12.9. The summed E-state index contributed by atoms with van der Waals surface area (Å²) in [6.07, 6.45) is 2.31. The van der Waals surface area contributed by atoms with E-state index in [1.54, 1.807) is 12.1 Å². The molecule has 144 valence electrons. The highest BCUT2D eigenvalue weighted by atomic mass is 32.2. The number of sulfonamides is 1. The van der Waals surface area contributed by atoms with Gasteiger partial charge in [0.05, 0.1) is 4.90 Å². The van der Waals surface area contributed by atoms with Crippen molar-refractivity contribution in [1.82, 2.24) is 9.62 Å². The normalized spacial score (nSPS) is 12.4. The Morgan fingerprint density at radius 3 is 2.33 bits per heavy atom. The van der Waals surface area contributed by atoms with Crippen molar-refractivity contribution in [2.24, 2.45) is 0 Å². The zero-order valence-electron chi connectivity index (χ0n) is 15.8. The minimum atomic E-state index is -3.60. The molecule has 6 heteroatoms. The van der Waals surface area contributed by atoms with Gasteiger partial charge >= 0.3 is 0 Å². The van der Waals surface area contributed by atoms with Gasteiger partial charge < -0.3 is 4.90 Å². The summed E-state index contributed by atoms with van der Waals surface area (Å²) in [4.78, 5) is 15.0. The van der Waals surface area contributed by atoms with Gasteiger partial charge in [-0.15, -0.1) is 6.58 Å². The third kappa shape index (κ3) is 5.52. The van der Waals surface area contributed by atoms with E-state index in [0.717, 1.165) is 12.0 Å². The number of hydrogen-bond donors (Lipinski definition) is 1. The molecule has 0 bridgehead atoms. The molecule has 1 unspecified atom stereocenters. The second-order valence-electron chi connectivity index (χ2n) is 6.34. The number of benzene rings is 2. The zero-order valence-corrected chi connectivity index (χ0v) is 16.6. The summed E-state index contributed by atoms with van der Waals surface area (Å²) in [7, 11) is -3.60. The third-order valence-corrected chi connectivity index (χ3v) is 5.85. The molecule has 0 heterocycles. The van der Waals surface area contributed by atoms with Crippen LogP contribution < -0.4 is 4.72 Å². The molecule has 0 aliphatic rings. The second-order valence-corrected chi connectivity index (χ2v) is 8.11. The van der Waals surface area contributed by atoms with Gasteiger partial charge in [0.2, 0.25) is 10.0 Å². The van der Waals surface area contributed by atoms with Crippen molar-refractivity contribution in [2.75, 3.05) is 6.54 Å². The average molecular weight is 387 g/mol. The maximum atomic E-state index is 13.0. The third-order valence-electron chi connectivity index (χ3n) is 4.41. The van der Waals surface area contributed by atoms with Crippen molar-refractivity contribution in [1.29, 1.82) is 0 Å². The van der Waals surface area contributed by atoms with Gasteiger partial charge in [-0.25, -0.2) is 13.1 Å². The lowest BCUT2D eigenvalue weighted by Crippen LogP contribution is -2.37. The van der Waals surface area contributed by atoms with E-state index in [-0.39, 0.29) is 23.4 Å². The fraction of sp³-hybridized carbons (Fsp3) is 0.286. The summed E-state index contributed by atoms with van der Waals surface area (Å²) in [5.41, 5.74) is 1.52. The molecule has 0 aromatic heterocycles. The zero-order chi connectivity index (χ0) is 19.9. The number of hydrogen-bond acceptors (Lipinski definition) is 3. The number of carbonyl (C=O) groups is 1. The highest BCUT2D eigenvalue weighted by Crippen LogP contribution is 2.17. The van der Waals surface area contributed by atoms with E-state index in [9.17, 15) is 13.2 Å². The molecule has 0 saturated carbocycles. The molecule has 5 nitrogen and oxygen atoms in total. The first-order valence-corrected chi connectivity index (χ1v) is 10.4. The second kappa shape index (κ2) is 9.48. The van der Waals surface area contributed by atoms with Crippen molar-refractivity contribution < 1.29 is 13.2 Å². The van der Waals surface area contributed by atoms with Crippen LogP contribution in [-0.4, -0.2) is 31.8 Å². The largest absolute Gasteiger partial charge is 0.332 e. The monoisotopic (exact) mass is 386 g/mol. The van der Waals surface area contributed by atoms with E-state index in [1.807, 2.05) is 49.1 Å². The molecule has 0 aliphatic heterocycles. The fourth-order valence-electron chi connectivity index (χ4n) is 2.62. The van der Waals surface area contributed by atoms with Crippen LogP contribution in [0.1, 0.15) is 36.2 Å². The van der Waals surface area contributed by atoms with E-state index in [2.05, 4.69) is 11.3 Å². The molecule has 0 saturated heterocycles. The van der Waals surface area contributed by atoms with Gasteiger partial charge in [-0.3, -0.25) is 4.79 Å². The van der Waals surface area contributed by atoms with Crippen LogP contribution in [0.3, 0.4) is 0 Å². The molecule has 1 atom stereocenters. The van der Waals surface area contributed by atoms with Crippen molar-refractivity contribution in [3.8, 4) is 0 Å². The molecule has 0 aliphatic carbocycles. The van der Waals surface area contributed by atoms with Crippen molar-refractivity contribution in [3.05, 3.63) is 78.4 Å². The Balaban J connectivity index is 2.23.